The van der Waals surface area contributed by atoms with Gasteiger partial charge in [-0.05, 0) is 42.9 Å². The van der Waals surface area contributed by atoms with Gasteiger partial charge in [-0.1, -0.05) is 31.9 Å². The molecule has 1 aromatic carbocycles. The molecule has 0 radical (unpaired) electrons. The second-order valence-electron chi connectivity index (χ2n) is 4.95. The van der Waals surface area contributed by atoms with E-state index >= 15 is 0 Å². The zero-order chi connectivity index (χ0) is 12.1. The van der Waals surface area contributed by atoms with E-state index in [9.17, 15) is 5.11 Å². The Kier molecular flexibility index (Phi) is 4.43. The minimum atomic E-state index is -0.348. The number of aliphatic hydroxyl groups is 1. The van der Waals surface area contributed by atoms with E-state index in [1.54, 1.807) is 0 Å². The van der Waals surface area contributed by atoms with Gasteiger partial charge in [0, 0.05) is 0 Å². The molecule has 1 aromatic rings. The van der Waals surface area contributed by atoms with Crippen molar-refractivity contribution in [2.45, 2.75) is 45.1 Å². The highest BCUT2D eigenvalue weighted by Crippen LogP contribution is 2.26. The van der Waals surface area contributed by atoms with Gasteiger partial charge < -0.3 is 9.84 Å². The van der Waals surface area contributed by atoms with Crippen LogP contribution in [0.1, 0.15) is 50.7 Å². The van der Waals surface area contributed by atoms with Crippen LogP contribution in [0.4, 0.5) is 0 Å². The van der Waals surface area contributed by atoms with E-state index in [0.29, 0.717) is 0 Å². The van der Waals surface area contributed by atoms with Crippen LogP contribution in [-0.2, 0) is 0 Å². The lowest BCUT2D eigenvalue weighted by Crippen LogP contribution is -2.08. The van der Waals surface area contributed by atoms with Crippen molar-refractivity contribution in [1.82, 2.24) is 0 Å². The van der Waals surface area contributed by atoms with Crippen LogP contribution in [0.3, 0.4) is 0 Å². The number of hydrogen-bond donors (Lipinski definition) is 1. The summed E-state index contributed by atoms with van der Waals surface area (Å²) in [6.45, 7) is 2.82. The van der Waals surface area contributed by atoms with E-state index < -0.39 is 0 Å². The van der Waals surface area contributed by atoms with Crippen molar-refractivity contribution >= 4 is 0 Å². The number of aliphatic hydroxyl groups excluding tert-OH is 1. The Labute approximate surface area is 104 Å². The Bertz CT molecular complexity index is 325. The SMILES string of the molecule is CCC(O)c1ccc(OCC2CCCC2)cc1. The van der Waals surface area contributed by atoms with E-state index in [2.05, 4.69) is 0 Å². The molecule has 94 valence electrons. The third kappa shape index (κ3) is 3.47. The quantitative estimate of drug-likeness (QED) is 0.841. The Morgan fingerprint density at radius 2 is 1.88 bits per heavy atom. The number of hydrogen-bond acceptors (Lipinski definition) is 2. The third-order valence-electron chi connectivity index (χ3n) is 3.61. The monoisotopic (exact) mass is 234 g/mol. The molecule has 1 N–H and O–H groups in total. The maximum atomic E-state index is 9.68. The molecule has 1 aliphatic rings. The number of rotatable bonds is 5. The third-order valence-corrected chi connectivity index (χ3v) is 3.61. The zero-order valence-corrected chi connectivity index (χ0v) is 10.6. The highest BCUT2D eigenvalue weighted by atomic mass is 16.5. The van der Waals surface area contributed by atoms with Gasteiger partial charge in [-0.3, -0.25) is 0 Å². The van der Waals surface area contributed by atoms with E-state index in [4.69, 9.17) is 4.74 Å². The van der Waals surface area contributed by atoms with E-state index in [1.165, 1.54) is 25.7 Å². The molecular formula is C15H22O2. The highest BCUT2D eigenvalue weighted by Gasteiger charge is 2.15. The summed E-state index contributed by atoms with van der Waals surface area (Å²) in [5.41, 5.74) is 0.973. The first-order valence-corrected chi connectivity index (χ1v) is 6.70. The highest BCUT2D eigenvalue weighted by molar-refractivity contribution is 5.28. The minimum absolute atomic E-state index is 0.348. The fraction of sp³-hybridized carbons (Fsp3) is 0.600. The second kappa shape index (κ2) is 6.06. The molecule has 0 spiro atoms. The van der Waals surface area contributed by atoms with Gasteiger partial charge in [0.05, 0.1) is 12.7 Å². The van der Waals surface area contributed by atoms with Crippen LogP contribution in [-0.4, -0.2) is 11.7 Å². The van der Waals surface area contributed by atoms with Gasteiger partial charge in [0.1, 0.15) is 5.75 Å². The first-order chi connectivity index (χ1) is 8.29. The summed E-state index contributed by atoms with van der Waals surface area (Å²) in [6, 6.07) is 7.84. The molecular weight excluding hydrogens is 212 g/mol. The summed E-state index contributed by atoms with van der Waals surface area (Å²) in [5.74, 6) is 1.67. The molecule has 0 aromatic heterocycles. The van der Waals surface area contributed by atoms with Crippen molar-refractivity contribution in [3.05, 3.63) is 29.8 Å². The molecule has 2 rings (SSSR count). The first-order valence-electron chi connectivity index (χ1n) is 6.70. The largest absolute Gasteiger partial charge is 0.493 e. The van der Waals surface area contributed by atoms with Crippen molar-refractivity contribution in [2.75, 3.05) is 6.61 Å². The lowest BCUT2D eigenvalue weighted by molar-refractivity contribution is 0.173. The van der Waals surface area contributed by atoms with Crippen LogP contribution in [0, 0.1) is 5.92 Å². The Hall–Kier alpha value is -1.02. The van der Waals surface area contributed by atoms with Crippen molar-refractivity contribution in [3.8, 4) is 5.75 Å². The second-order valence-corrected chi connectivity index (χ2v) is 4.95. The van der Waals surface area contributed by atoms with Crippen molar-refractivity contribution in [2.24, 2.45) is 5.92 Å². The van der Waals surface area contributed by atoms with Crippen LogP contribution in [0.25, 0.3) is 0 Å². The van der Waals surface area contributed by atoms with E-state index in [1.807, 2.05) is 31.2 Å². The topological polar surface area (TPSA) is 29.5 Å². The van der Waals surface area contributed by atoms with Crippen LogP contribution in [0.15, 0.2) is 24.3 Å². The van der Waals surface area contributed by atoms with Crippen molar-refractivity contribution in [1.29, 1.82) is 0 Å². The van der Waals surface area contributed by atoms with Gasteiger partial charge in [0.25, 0.3) is 0 Å². The summed E-state index contributed by atoms with van der Waals surface area (Å²) in [5, 5.41) is 9.68. The average molecular weight is 234 g/mol. The summed E-state index contributed by atoms with van der Waals surface area (Å²) in [6.07, 6.45) is 5.74. The lowest BCUT2D eigenvalue weighted by Gasteiger charge is -2.12. The Balaban J connectivity index is 1.84. The normalized spacial score (nSPS) is 18.2. The molecule has 1 aliphatic carbocycles. The molecule has 0 heterocycles. The van der Waals surface area contributed by atoms with Crippen LogP contribution >= 0.6 is 0 Å². The molecule has 1 unspecified atom stereocenters. The molecule has 0 amide bonds. The Morgan fingerprint density at radius 1 is 1.24 bits per heavy atom. The molecule has 17 heavy (non-hydrogen) atoms. The molecule has 0 saturated heterocycles. The van der Waals surface area contributed by atoms with Gasteiger partial charge in [-0.25, -0.2) is 0 Å². The van der Waals surface area contributed by atoms with Crippen molar-refractivity contribution in [3.63, 3.8) is 0 Å². The summed E-state index contributed by atoms with van der Waals surface area (Å²) >= 11 is 0. The molecule has 0 bridgehead atoms. The minimum Gasteiger partial charge on any atom is -0.493 e. The lowest BCUT2D eigenvalue weighted by atomic mass is 10.1. The van der Waals surface area contributed by atoms with Crippen molar-refractivity contribution < 1.29 is 9.84 Å². The van der Waals surface area contributed by atoms with Crippen LogP contribution in [0.2, 0.25) is 0 Å². The number of benzene rings is 1. The first kappa shape index (κ1) is 12.4. The molecule has 2 nitrogen and oxygen atoms in total. The fourth-order valence-corrected chi connectivity index (χ4v) is 2.41. The van der Waals surface area contributed by atoms with Crippen LogP contribution < -0.4 is 4.74 Å². The summed E-state index contributed by atoms with van der Waals surface area (Å²) in [7, 11) is 0. The predicted octanol–water partition coefficient (Wildman–Crippen LogP) is 3.70. The summed E-state index contributed by atoms with van der Waals surface area (Å²) in [4.78, 5) is 0. The maximum Gasteiger partial charge on any atom is 0.119 e. The van der Waals surface area contributed by atoms with Gasteiger partial charge in [-0.15, -0.1) is 0 Å². The average Bonchev–Trinajstić information content (AvgIpc) is 2.89. The van der Waals surface area contributed by atoms with Gasteiger partial charge in [0.2, 0.25) is 0 Å². The Morgan fingerprint density at radius 3 is 2.47 bits per heavy atom. The van der Waals surface area contributed by atoms with E-state index in [0.717, 1.165) is 30.3 Å². The number of ether oxygens (including phenoxy) is 1. The van der Waals surface area contributed by atoms with Gasteiger partial charge in [-0.2, -0.15) is 0 Å². The molecule has 1 saturated carbocycles. The molecule has 1 atom stereocenters. The summed E-state index contributed by atoms with van der Waals surface area (Å²) < 4.78 is 5.78. The van der Waals surface area contributed by atoms with Gasteiger partial charge in [0.15, 0.2) is 0 Å². The molecule has 1 fully saturated rings. The maximum absolute atomic E-state index is 9.68. The fourth-order valence-electron chi connectivity index (χ4n) is 2.41. The molecule has 0 aliphatic heterocycles. The van der Waals surface area contributed by atoms with E-state index in [-0.39, 0.29) is 6.10 Å². The predicted molar refractivity (Wildman–Crippen MR) is 69.1 cm³/mol. The zero-order valence-electron chi connectivity index (χ0n) is 10.6. The van der Waals surface area contributed by atoms with Gasteiger partial charge >= 0.3 is 0 Å². The molecule has 2 heteroatoms. The smallest absolute Gasteiger partial charge is 0.119 e. The van der Waals surface area contributed by atoms with Crippen LogP contribution in [0.5, 0.6) is 5.75 Å². The standard InChI is InChI=1S/C15H22O2/c1-2-15(16)13-7-9-14(10-8-13)17-11-12-5-3-4-6-12/h7-10,12,15-16H,2-6,11H2,1H3.